The number of aromatic hydroxyl groups is 1. The Bertz CT molecular complexity index is 1010. The summed E-state index contributed by atoms with van der Waals surface area (Å²) in [6.07, 6.45) is -0.270. The predicted molar refractivity (Wildman–Crippen MR) is 116 cm³/mol. The highest BCUT2D eigenvalue weighted by molar-refractivity contribution is 9.10. The number of fused-ring (bicyclic) bond motifs is 1. The molecule has 0 amide bonds. The molecule has 2 atom stereocenters. The molecule has 2 N–H and O–H groups in total. The Morgan fingerprint density at radius 3 is 2.48 bits per heavy atom. The summed E-state index contributed by atoms with van der Waals surface area (Å²) in [4.78, 5) is 14.4. The number of esters is 1. The van der Waals surface area contributed by atoms with E-state index in [-0.39, 0.29) is 30.5 Å². The Morgan fingerprint density at radius 1 is 1.07 bits per heavy atom. The summed E-state index contributed by atoms with van der Waals surface area (Å²) in [6, 6.07) is 23.1. The lowest BCUT2D eigenvalue weighted by Crippen LogP contribution is -2.44. The van der Waals surface area contributed by atoms with Crippen LogP contribution in [0.2, 0.25) is 0 Å². The first-order valence-corrected chi connectivity index (χ1v) is 10.1. The highest BCUT2D eigenvalue weighted by Gasteiger charge is 2.37. The Labute approximate surface area is 178 Å². The molecule has 1 aliphatic rings. The van der Waals surface area contributed by atoms with E-state index < -0.39 is 0 Å². The highest BCUT2D eigenvalue weighted by atomic mass is 79.9. The first kappa shape index (κ1) is 19.5. The zero-order chi connectivity index (χ0) is 20.4. The number of carbonyl (C=O) groups excluding carboxylic acids is 1. The lowest BCUT2D eigenvalue weighted by Gasteiger charge is -2.44. The fraction of sp³-hybridized carbons (Fsp3) is 0.174. The minimum atomic E-state index is -0.310. The molecule has 0 spiro atoms. The number of halogens is 1. The number of hydrogen-bond donors (Lipinski definition) is 2. The average Bonchev–Trinajstić information content (AvgIpc) is 2.74. The smallest absolute Gasteiger partial charge is 0.319 e. The normalized spacial score (nSPS) is 18.6. The molecule has 6 heteroatoms. The predicted octanol–water partition coefficient (Wildman–Crippen LogP) is 4.84. The number of benzene rings is 3. The Morgan fingerprint density at radius 2 is 1.79 bits per heavy atom. The van der Waals surface area contributed by atoms with Crippen molar-refractivity contribution in [1.29, 1.82) is 0 Å². The number of nitrogens with one attached hydrogen (secondary N) is 1. The van der Waals surface area contributed by atoms with Crippen LogP contribution in [0, 0.1) is 0 Å². The highest BCUT2D eigenvalue weighted by Crippen LogP contribution is 2.44. The molecule has 29 heavy (non-hydrogen) atoms. The molecular weight excluding hydrogens is 432 g/mol. The second-order valence-corrected chi connectivity index (χ2v) is 7.85. The monoisotopic (exact) mass is 452 g/mol. The van der Waals surface area contributed by atoms with E-state index in [0.29, 0.717) is 0 Å². The van der Waals surface area contributed by atoms with Crippen molar-refractivity contribution in [2.45, 2.75) is 12.2 Å². The van der Waals surface area contributed by atoms with E-state index in [2.05, 4.69) is 44.3 Å². The van der Waals surface area contributed by atoms with Crippen LogP contribution in [-0.4, -0.2) is 29.6 Å². The number of phenols is 1. The van der Waals surface area contributed by atoms with Gasteiger partial charge >= 0.3 is 5.97 Å². The van der Waals surface area contributed by atoms with Crippen LogP contribution in [0.25, 0.3) is 0 Å². The molecule has 5 nitrogen and oxygen atoms in total. The lowest BCUT2D eigenvalue weighted by molar-refractivity contribution is -0.143. The molecule has 1 heterocycles. The number of anilines is 1. The van der Waals surface area contributed by atoms with Crippen LogP contribution in [0.4, 0.5) is 5.69 Å². The number of ether oxygens (including phenoxy) is 1. The average molecular weight is 453 g/mol. The summed E-state index contributed by atoms with van der Waals surface area (Å²) in [5.41, 5.74) is 4.10. The largest absolute Gasteiger partial charge is 0.508 e. The molecule has 0 radical (unpaired) electrons. The maximum atomic E-state index is 12.3. The van der Waals surface area contributed by atoms with Crippen molar-refractivity contribution in [3.05, 3.63) is 94.0 Å². The summed E-state index contributed by atoms with van der Waals surface area (Å²) in [5.74, 6) is -0.108. The zero-order valence-corrected chi connectivity index (χ0v) is 17.5. The van der Waals surface area contributed by atoms with Crippen LogP contribution in [0.3, 0.4) is 0 Å². The van der Waals surface area contributed by atoms with Crippen LogP contribution >= 0.6 is 15.9 Å². The topological polar surface area (TPSA) is 61.8 Å². The second-order valence-electron chi connectivity index (χ2n) is 6.93. The van der Waals surface area contributed by atoms with Gasteiger partial charge in [0.15, 0.2) is 0 Å². The molecular formula is C23H21BrN2O3. The van der Waals surface area contributed by atoms with Gasteiger partial charge in [0.1, 0.15) is 11.9 Å². The molecule has 0 aromatic heterocycles. The number of phenolic OH excluding ortho intramolecular Hbond substituents is 1. The van der Waals surface area contributed by atoms with Gasteiger partial charge in [0, 0.05) is 10.2 Å². The van der Waals surface area contributed by atoms with Crippen LogP contribution in [0.15, 0.2) is 77.3 Å². The molecule has 148 valence electrons. The van der Waals surface area contributed by atoms with E-state index >= 15 is 0 Å². The fourth-order valence-electron chi connectivity index (χ4n) is 3.78. The number of hydrogen-bond acceptors (Lipinski definition) is 5. The van der Waals surface area contributed by atoms with Crippen molar-refractivity contribution in [2.75, 3.05) is 19.0 Å². The molecule has 3 aromatic carbocycles. The Hall–Kier alpha value is -2.83. The third-order valence-corrected chi connectivity index (χ3v) is 5.62. The number of nitrogens with zero attached hydrogens (tertiary/aromatic N) is 1. The Kier molecular flexibility index (Phi) is 5.56. The van der Waals surface area contributed by atoms with Crippen molar-refractivity contribution in [3.8, 4) is 5.75 Å². The standard InChI is InChI=1S/C23H21BrN2O3/c1-29-21(28)14-26-22(15-5-3-2-4-6-15)19-13-17(24)9-12-20(19)25-23(26)16-7-10-18(27)11-8-16/h2-13,22-23,25,27H,14H2,1H3/t22-,23-/m0/s1. The molecule has 3 aromatic rings. The Balaban J connectivity index is 1.88. The van der Waals surface area contributed by atoms with Crippen LogP contribution in [-0.2, 0) is 9.53 Å². The maximum Gasteiger partial charge on any atom is 0.319 e. The third kappa shape index (κ3) is 3.99. The van der Waals surface area contributed by atoms with Gasteiger partial charge in [0.25, 0.3) is 0 Å². The molecule has 0 fully saturated rings. The van der Waals surface area contributed by atoms with Gasteiger partial charge in [-0.15, -0.1) is 0 Å². The van der Waals surface area contributed by atoms with Crippen molar-refractivity contribution >= 4 is 27.6 Å². The third-order valence-electron chi connectivity index (χ3n) is 5.13. The summed E-state index contributed by atoms with van der Waals surface area (Å²) >= 11 is 3.58. The van der Waals surface area contributed by atoms with E-state index in [1.165, 1.54) is 7.11 Å². The van der Waals surface area contributed by atoms with Gasteiger partial charge in [-0.2, -0.15) is 0 Å². The number of carbonyl (C=O) groups is 1. The summed E-state index contributed by atoms with van der Waals surface area (Å²) in [5, 5.41) is 13.3. The van der Waals surface area contributed by atoms with Gasteiger partial charge in [-0.1, -0.05) is 58.4 Å². The van der Waals surface area contributed by atoms with Gasteiger partial charge in [-0.25, -0.2) is 0 Å². The van der Waals surface area contributed by atoms with Crippen molar-refractivity contribution in [3.63, 3.8) is 0 Å². The first-order chi connectivity index (χ1) is 14.1. The van der Waals surface area contributed by atoms with Gasteiger partial charge in [-0.3, -0.25) is 9.69 Å². The van der Waals surface area contributed by atoms with Gasteiger partial charge in [0.2, 0.25) is 0 Å². The zero-order valence-electron chi connectivity index (χ0n) is 15.9. The maximum absolute atomic E-state index is 12.3. The molecule has 4 rings (SSSR count). The molecule has 0 unspecified atom stereocenters. The van der Waals surface area contributed by atoms with E-state index in [1.807, 2.05) is 42.5 Å². The van der Waals surface area contributed by atoms with Gasteiger partial charge < -0.3 is 15.2 Å². The SMILES string of the molecule is COC(=O)CN1[C@@H](c2ccccc2)c2cc(Br)ccc2N[C@@H]1c1ccc(O)cc1. The minimum absolute atomic E-state index is 0.112. The summed E-state index contributed by atoms with van der Waals surface area (Å²) in [7, 11) is 1.40. The van der Waals surface area contributed by atoms with Crippen molar-refractivity contribution in [2.24, 2.45) is 0 Å². The lowest BCUT2D eigenvalue weighted by atomic mass is 9.91. The summed E-state index contributed by atoms with van der Waals surface area (Å²) in [6.45, 7) is 0.112. The van der Waals surface area contributed by atoms with E-state index in [0.717, 1.165) is 26.9 Å². The van der Waals surface area contributed by atoms with Gasteiger partial charge in [0.05, 0.1) is 19.7 Å². The van der Waals surface area contributed by atoms with Gasteiger partial charge in [-0.05, 0) is 47.0 Å². The number of rotatable bonds is 4. The molecule has 0 aliphatic carbocycles. The first-order valence-electron chi connectivity index (χ1n) is 9.29. The van der Waals surface area contributed by atoms with E-state index in [4.69, 9.17) is 4.74 Å². The van der Waals surface area contributed by atoms with Crippen molar-refractivity contribution < 1.29 is 14.6 Å². The molecule has 1 aliphatic heterocycles. The van der Waals surface area contributed by atoms with Crippen LogP contribution in [0.1, 0.15) is 28.9 Å². The molecule has 0 bridgehead atoms. The number of methoxy groups -OCH3 is 1. The molecule has 0 saturated heterocycles. The van der Waals surface area contributed by atoms with E-state index in [9.17, 15) is 9.90 Å². The van der Waals surface area contributed by atoms with Crippen LogP contribution in [0.5, 0.6) is 5.75 Å². The minimum Gasteiger partial charge on any atom is -0.508 e. The molecule has 0 saturated carbocycles. The van der Waals surface area contributed by atoms with Crippen LogP contribution < -0.4 is 5.32 Å². The fourth-order valence-corrected chi connectivity index (χ4v) is 4.16. The second kappa shape index (κ2) is 8.27. The van der Waals surface area contributed by atoms with Crippen molar-refractivity contribution in [1.82, 2.24) is 4.90 Å². The summed E-state index contributed by atoms with van der Waals surface area (Å²) < 4.78 is 5.97. The van der Waals surface area contributed by atoms with E-state index in [1.54, 1.807) is 12.1 Å². The quantitative estimate of drug-likeness (QED) is 0.554.